The van der Waals surface area contributed by atoms with E-state index in [4.69, 9.17) is 0 Å². The molecule has 0 radical (unpaired) electrons. The fourth-order valence-corrected chi connectivity index (χ4v) is 2.88. The van der Waals surface area contributed by atoms with Crippen LogP contribution in [0.1, 0.15) is 5.56 Å². The molecule has 7 heteroatoms. The molecule has 1 N–H and O–H groups in total. The molecule has 0 aliphatic carbocycles. The van der Waals surface area contributed by atoms with Crippen LogP contribution in [0.25, 0.3) is 0 Å². The first-order chi connectivity index (χ1) is 9.86. The number of anilines is 1. The van der Waals surface area contributed by atoms with Gasteiger partial charge < -0.3 is 5.32 Å². The molecule has 2 aromatic carbocycles. The largest absolute Gasteiger partial charge is 0.334 e. The van der Waals surface area contributed by atoms with Crippen molar-refractivity contribution in [3.63, 3.8) is 0 Å². The van der Waals surface area contributed by atoms with Gasteiger partial charge in [0.1, 0.15) is 4.90 Å². The maximum Gasteiger partial charge on any atom is 0.334 e. The SMILES string of the molecule is O=C(Cc1cccc(Br)c1)Nc1ccccc1S(=O)(=O)F. The lowest BCUT2D eigenvalue weighted by molar-refractivity contribution is -0.115. The predicted molar refractivity (Wildman–Crippen MR) is 81.2 cm³/mol. The van der Waals surface area contributed by atoms with E-state index in [9.17, 15) is 17.1 Å². The highest BCUT2D eigenvalue weighted by Gasteiger charge is 2.18. The van der Waals surface area contributed by atoms with E-state index in [0.717, 1.165) is 16.1 Å². The monoisotopic (exact) mass is 371 g/mol. The molecule has 2 rings (SSSR count). The van der Waals surface area contributed by atoms with Crippen molar-refractivity contribution in [1.29, 1.82) is 0 Å². The van der Waals surface area contributed by atoms with E-state index in [-0.39, 0.29) is 12.1 Å². The molecule has 0 aliphatic rings. The van der Waals surface area contributed by atoms with Gasteiger partial charge >= 0.3 is 10.2 Å². The van der Waals surface area contributed by atoms with Crippen LogP contribution in [0.15, 0.2) is 57.9 Å². The molecule has 0 aromatic heterocycles. The first-order valence-electron chi connectivity index (χ1n) is 5.94. The molecule has 0 heterocycles. The van der Waals surface area contributed by atoms with Crippen LogP contribution in [-0.4, -0.2) is 14.3 Å². The molecule has 0 bridgehead atoms. The van der Waals surface area contributed by atoms with Crippen LogP contribution < -0.4 is 5.32 Å². The molecule has 0 aliphatic heterocycles. The van der Waals surface area contributed by atoms with Gasteiger partial charge in [-0.05, 0) is 29.8 Å². The number of carbonyl (C=O) groups excluding carboxylic acids is 1. The Kier molecular flexibility index (Phi) is 4.74. The van der Waals surface area contributed by atoms with Crippen molar-refractivity contribution in [2.45, 2.75) is 11.3 Å². The summed E-state index contributed by atoms with van der Waals surface area (Å²) in [6.45, 7) is 0. The van der Waals surface area contributed by atoms with E-state index < -0.39 is 21.0 Å². The van der Waals surface area contributed by atoms with Gasteiger partial charge in [-0.25, -0.2) is 0 Å². The van der Waals surface area contributed by atoms with Gasteiger partial charge in [-0.3, -0.25) is 4.79 Å². The molecule has 0 unspecified atom stereocenters. The maximum absolute atomic E-state index is 13.1. The van der Waals surface area contributed by atoms with Crippen molar-refractivity contribution in [1.82, 2.24) is 0 Å². The van der Waals surface area contributed by atoms with Crippen molar-refractivity contribution in [3.8, 4) is 0 Å². The number of carbonyl (C=O) groups is 1. The van der Waals surface area contributed by atoms with Gasteiger partial charge in [0.15, 0.2) is 0 Å². The number of halogens is 2. The minimum absolute atomic E-state index is 0.0557. The quantitative estimate of drug-likeness (QED) is 0.838. The number of hydrogen-bond acceptors (Lipinski definition) is 3. The van der Waals surface area contributed by atoms with Crippen molar-refractivity contribution < 1.29 is 17.1 Å². The lowest BCUT2D eigenvalue weighted by Crippen LogP contribution is -2.16. The second kappa shape index (κ2) is 6.36. The van der Waals surface area contributed by atoms with Crippen molar-refractivity contribution in [2.75, 3.05) is 5.32 Å². The second-order valence-corrected chi connectivity index (χ2v) is 6.52. The Bertz CT molecular complexity index is 777. The highest BCUT2D eigenvalue weighted by Crippen LogP contribution is 2.23. The first-order valence-corrected chi connectivity index (χ1v) is 8.12. The Morgan fingerprint density at radius 3 is 2.52 bits per heavy atom. The van der Waals surface area contributed by atoms with Crippen LogP contribution in [0.5, 0.6) is 0 Å². The van der Waals surface area contributed by atoms with E-state index in [1.807, 2.05) is 6.07 Å². The summed E-state index contributed by atoms with van der Waals surface area (Å²) < 4.78 is 36.0. The minimum atomic E-state index is -4.88. The number of para-hydroxylation sites is 1. The van der Waals surface area contributed by atoms with Crippen molar-refractivity contribution in [2.24, 2.45) is 0 Å². The number of amides is 1. The van der Waals surface area contributed by atoms with Crippen molar-refractivity contribution >= 4 is 37.7 Å². The Labute approximate surface area is 130 Å². The molecule has 0 saturated carbocycles. The summed E-state index contributed by atoms with van der Waals surface area (Å²) in [6.07, 6.45) is 0.0557. The second-order valence-electron chi connectivity index (χ2n) is 4.29. The van der Waals surface area contributed by atoms with Crippen LogP contribution in [0.2, 0.25) is 0 Å². The number of hydrogen-bond donors (Lipinski definition) is 1. The van der Waals surface area contributed by atoms with E-state index in [2.05, 4.69) is 21.2 Å². The third-order valence-corrected chi connectivity index (χ3v) is 4.05. The molecule has 0 fully saturated rings. The highest BCUT2D eigenvalue weighted by molar-refractivity contribution is 9.10. The van der Waals surface area contributed by atoms with E-state index >= 15 is 0 Å². The van der Waals surface area contributed by atoms with Crippen LogP contribution in [-0.2, 0) is 21.4 Å². The third-order valence-electron chi connectivity index (χ3n) is 2.68. The summed E-state index contributed by atoms with van der Waals surface area (Å²) in [5.41, 5.74) is 0.683. The van der Waals surface area contributed by atoms with E-state index in [0.29, 0.717) is 0 Å². The summed E-state index contributed by atoms with van der Waals surface area (Å²) in [5.74, 6) is -0.427. The smallest absolute Gasteiger partial charge is 0.325 e. The number of nitrogens with one attached hydrogen (secondary N) is 1. The topological polar surface area (TPSA) is 63.2 Å². The van der Waals surface area contributed by atoms with Gasteiger partial charge in [-0.2, -0.15) is 8.42 Å². The van der Waals surface area contributed by atoms with E-state index in [1.165, 1.54) is 18.2 Å². The zero-order valence-corrected chi connectivity index (χ0v) is 13.1. The van der Waals surface area contributed by atoms with Crippen LogP contribution in [0.4, 0.5) is 9.57 Å². The van der Waals surface area contributed by atoms with Gasteiger partial charge in [0.2, 0.25) is 5.91 Å². The van der Waals surface area contributed by atoms with Gasteiger partial charge in [-0.15, -0.1) is 3.89 Å². The summed E-state index contributed by atoms with van der Waals surface area (Å²) >= 11 is 3.30. The molecule has 1 amide bonds. The average Bonchev–Trinajstić information content (AvgIpc) is 2.37. The van der Waals surface area contributed by atoms with Gasteiger partial charge in [-0.1, -0.05) is 40.2 Å². The Morgan fingerprint density at radius 2 is 1.86 bits per heavy atom. The molecule has 0 atom stereocenters. The minimum Gasteiger partial charge on any atom is -0.325 e. The Morgan fingerprint density at radius 1 is 1.14 bits per heavy atom. The third kappa shape index (κ3) is 4.37. The van der Waals surface area contributed by atoms with Crippen molar-refractivity contribution in [3.05, 3.63) is 58.6 Å². The van der Waals surface area contributed by atoms with E-state index in [1.54, 1.807) is 18.2 Å². The predicted octanol–water partition coefficient (Wildman–Crippen LogP) is 3.29. The molecular weight excluding hydrogens is 361 g/mol. The lowest BCUT2D eigenvalue weighted by Gasteiger charge is -2.08. The fourth-order valence-electron chi connectivity index (χ4n) is 1.81. The summed E-state index contributed by atoms with van der Waals surface area (Å²) in [5, 5.41) is 2.41. The Balaban J connectivity index is 2.17. The zero-order valence-electron chi connectivity index (χ0n) is 10.7. The van der Waals surface area contributed by atoms with Crippen LogP contribution in [0, 0.1) is 0 Å². The average molecular weight is 372 g/mol. The molecule has 2 aromatic rings. The highest BCUT2D eigenvalue weighted by atomic mass is 79.9. The standard InChI is InChI=1S/C14H11BrFNO3S/c15-11-5-3-4-10(8-11)9-14(18)17-12-6-1-2-7-13(12)21(16,19)20/h1-8H,9H2,(H,17,18). The van der Waals surface area contributed by atoms with Gasteiger partial charge in [0.05, 0.1) is 12.1 Å². The normalized spacial score (nSPS) is 11.1. The fraction of sp³-hybridized carbons (Fsp3) is 0.0714. The molecular formula is C14H11BrFNO3S. The molecule has 0 saturated heterocycles. The maximum atomic E-state index is 13.1. The lowest BCUT2D eigenvalue weighted by atomic mass is 10.1. The Hall–Kier alpha value is -1.73. The molecule has 21 heavy (non-hydrogen) atoms. The summed E-state index contributed by atoms with van der Waals surface area (Å²) in [6, 6.07) is 12.5. The first kappa shape index (κ1) is 15.7. The molecule has 4 nitrogen and oxygen atoms in total. The van der Waals surface area contributed by atoms with Crippen LogP contribution >= 0.6 is 15.9 Å². The summed E-state index contributed by atoms with van der Waals surface area (Å²) in [4.78, 5) is 11.4. The molecule has 110 valence electrons. The molecule has 0 spiro atoms. The number of benzene rings is 2. The van der Waals surface area contributed by atoms with Gasteiger partial charge in [0, 0.05) is 4.47 Å². The van der Waals surface area contributed by atoms with Gasteiger partial charge in [0.25, 0.3) is 0 Å². The van der Waals surface area contributed by atoms with Crippen LogP contribution in [0.3, 0.4) is 0 Å². The number of rotatable bonds is 4. The zero-order chi connectivity index (χ0) is 15.5. The summed E-state index contributed by atoms with van der Waals surface area (Å²) in [7, 11) is -4.88.